The minimum absolute atomic E-state index is 0.0482. The summed E-state index contributed by atoms with van der Waals surface area (Å²) in [6, 6.07) is 3.86. The topological polar surface area (TPSA) is 112 Å². The van der Waals surface area contributed by atoms with E-state index in [1.54, 1.807) is 0 Å². The molecule has 5 aliphatic rings. The molecule has 6 nitrogen and oxygen atoms in total. The summed E-state index contributed by atoms with van der Waals surface area (Å²) in [6.45, 7) is 19.9. The molecule has 6 rings (SSSR count). The van der Waals surface area contributed by atoms with Crippen LogP contribution in [-0.2, 0) is 9.59 Å². The SMILES string of the molecule is C=C(C)CC[C@@H]1C[C@]23C[C@H](CC=C(C)C)C(C)(C)[C@@]4(C(=O)c5ccc(O)c(O)c5)C(=O)[C@](CC=C(C)C)(C[C@]1(C)[C@@]24O)C3=O. The molecule has 0 saturated heterocycles. The summed E-state index contributed by atoms with van der Waals surface area (Å²) in [4.78, 5) is 46.2. The zero-order valence-electron chi connectivity index (χ0n) is 27.8. The van der Waals surface area contributed by atoms with Crippen LogP contribution in [-0.4, -0.2) is 38.3 Å². The van der Waals surface area contributed by atoms with Crippen molar-refractivity contribution in [3.05, 3.63) is 59.2 Å². The fourth-order valence-electron chi connectivity index (χ4n) is 10.6. The Labute approximate surface area is 262 Å². The van der Waals surface area contributed by atoms with Gasteiger partial charge in [-0.1, -0.05) is 49.6 Å². The van der Waals surface area contributed by atoms with Crippen LogP contribution in [0.4, 0.5) is 0 Å². The third-order valence-electron chi connectivity index (χ3n) is 12.6. The van der Waals surface area contributed by atoms with Crippen LogP contribution in [0.5, 0.6) is 11.5 Å². The van der Waals surface area contributed by atoms with E-state index in [9.17, 15) is 15.3 Å². The van der Waals surface area contributed by atoms with Crippen LogP contribution in [0.1, 0.15) is 111 Å². The van der Waals surface area contributed by atoms with Crippen molar-refractivity contribution in [2.75, 3.05) is 0 Å². The predicted molar refractivity (Wildman–Crippen MR) is 171 cm³/mol. The molecule has 6 heteroatoms. The van der Waals surface area contributed by atoms with Crippen LogP contribution < -0.4 is 0 Å². The first-order valence-corrected chi connectivity index (χ1v) is 16.1. The average molecular weight is 603 g/mol. The Morgan fingerprint density at radius 3 is 2.11 bits per heavy atom. The van der Waals surface area contributed by atoms with E-state index < -0.39 is 50.0 Å². The smallest absolute Gasteiger partial charge is 0.180 e. The largest absolute Gasteiger partial charge is 0.504 e. The summed E-state index contributed by atoms with van der Waals surface area (Å²) >= 11 is 0. The molecule has 5 saturated carbocycles. The van der Waals surface area contributed by atoms with Gasteiger partial charge >= 0.3 is 0 Å². The van der Waals surface area contributed by atoms with Gasteiger partial charge in [0.2, 0.25) is 0 Å². The molecule has 5 fully saturated rings. The Morgan fingerprint density at radius 1 is 0.932 bits per heavy atom. The third kappa shape index (κ3) is 3.66. The quantitative estimate of drug-likeness (QED) is 0.116. The van der Waals surface area contributed by atoms with Gasteiger partial charge in [-0.05, 0) is 115 Å². The Kier molecular flexibility index (Phi) is 7.37. The first-order valence-electron chi connectivity index (χ1n) is 16.1. The molecular weight excluding hydrogens is 552 g/mol. The van der Waals surface area contributed by atoms with Crippen molar-refractivity contribution >= 4 is 17.3 Å². The molecule has 3 N–H and O–H groups in total. The van der Waals surface area contributed by atoms with E-state index in [-0.39, 0.29) is 41.8 Å². The van der Waals surface area contributed by atoms with Crippen molar-refractivity contribution in [2.45, 2.75) is 106 Å². The Bertz CT molecular complexity index is 1520. The van der Waals surface area contributed by atoms with Crippen molar-refractivity contribution in [1.82, 2.24) is 0 Å². The second kappa shape index (κ2) is 10.0. The molecule has 0 spiro atoms. The highest BCUT2D eigenvalue weighted by Crippen LogP contribution is 2.86. The van der Waals surface area contributed by atoms with Gasteiger partial charge in [0.15, 0.2) is 28.8 Å². The number of aromatic hydroxyl groups is 2. The molecule has 5 aliphatic carbocycles. The molecular formula is C38H50O6. The van der Waals surface area contributed by atoms with Crippen molar-refractivity contribution in [3.8, 4) is 11.5 Å². The summed E-state index contributed by atoms with van der Waals surface area (Å²) in [7, 11) is 0. The summed E-state index contributed by atoms with van der Waals surface area (Å²) in [5.41, 5.74) is -5.46. The lowest BCUT2D eigenvalue weighted by molar-refractivity contribution is -0.299. The normalized spacial score (nSPS) is 37.9. The van der Waals surface area contributed by atoms with Crippen LogP contribution in [0.3, 0.4) is 0 Å². The number of allylic oxidation sites excluding steroid dienone is 5. The summed E-state index contributed by atoms with van der Waals surface area (Å²) in [6.07, 6.45) is 7.28. The maximum Gasteiger partial charge on any atom is 0.180 e. The van der Waals surface area contributed by atoms with Gasteiger partial charge in [-0.25, -0.2) is 0 Å². The number of aliphatic hydroxyl groups is 1. The number of hydrogen-bond acceptors (Lipinski definition) is 6. The fraction of sp³-hybridized carbons (Fsp3) is 0.605. The van der Waals surface area contributed by atoms with E-state index in [0.717, 1.165) is 23.1 Å². The summed E-state index contributed by atoms with van der Waals surface area (Å²) in [5, 5.41) is 34.3. The van der Waals surface area contributed by atoms with E-state index in [2.05, 4.69) is 12.7 Å². The van der Waals surface area contributed by atoms with Crippen LogP contribution in [0.2, 0.25) is 0 Å². The lowest BCUT2D eigenvalue weighted by atomic mass is 9.24. The monoisotopic (exact) mass is 602 g/mol. The van der Waals surface area contributed by atoms with Gasteiger partial charge in [-0.15, -0.1) is 6.58 Å². The van der Waals surface area contributed by atoms with Crippen molar-refractivity contribution in [1.29, 1.82) is 0 Å². The highest BCUT2D eigenvalue weighted by atomic mass is 16.3. The number of carbonyl (C=O) groups is 3. The number of ketones is 3. The van der Waals surface area contributed by atoms with Gasteiger partial charge in [-0.2, -0.15) is 0 Å². The summed E-state index contributed by atoms with van der Waals surface area (Å²) < 4.78 is 0. The molecule has 238 valence electrons. The number of hydrogen-bond donors (Lipinski definition) is 3. The molecule has 0 aliphatic heterocycles. The third-order valence-corrected chi connectivity index (χ3v) is 12.6. The second-order valence-corrected chi connectivity index (χ2v) is 15.9. The minimum Gasteiger partial charge on any atom is -0.504 e. The molecule has 1 aromatic carbocycles. The zero-order valence-corrected chi connectivity index (χ0v) is 27.8. The van der Waals surface area contributed by atoms with Gasteiger partial charge in [-0.3, -0.25) is 14.4 Å². The molecule has 0 unspecified atom stereocenters. The van der Waals surface area contributed by atoms with Crippen LogP contribution in [0.25, 0.3) is 0 Å². The van der Waals surface area contributed by atoms with E-state index >= 15 is 14.4 Å². The van der Waals surface area contributed by atoms with Gasteiger partial charge in [0.25, 0.3) is 0 Å². The Balaban J connectivity index is 1.91. The first-order chi connectivity index (χ1) is 20.3. The van der Waals surface area contributed by atoms with E-state index in [1.165, 1.54) is 18.2 Å². The standard InChI is InChI=1S/C38H50O6/c1-22(2)10-13-26-19-36-20-27(14-11-23(3)4)34(9)21-35(31(36)42,17-16-24(5)6)32(43)37(33(26,7)8,38(34,36)44)30(41)25-12-15-28(39)29(40)18-25/h10,12,15-16,18,26-27,39-40,44H,3,11,13-14,17,19-21H2,1-2,4-9H3/t26-,27+,34-,35+,36-,37+,38+/m0/s1. The number of phenols is 2. The highest BCUT2D eigenvalue weighted by molar-refractivity contribution is 6.28. The molecule has 5 bridgehead atoms. The van der Waals surface area contributed by atoms with Crippen molar-refractivity contribution in [2.24, 2.45) is 38.9 Å². The van der Waals surface area contributed by atoms with E-state index in [4.69, 9.17) is 0 Å². The van der Waals surface area contributed by atoms with Crippen LogP contribution >= 0.6 is 0 Å². The molecule has 7 atom stereocenters. The van der Waals surface area contributed by atoms with Crippen molar-refractivity contribution in [3.63, 3.8) is 0 Å². The van der Waals surface area contributed by atoms with Gasteiger partial charge in [0, 0.05) is 11.0 Å². The predicted octanol–water partition coefficient (Wildman–Crippen LogP) is 7.67. The van der Waals surface area contributed by atoms with E-state index in [0.29, 0.717) is 25.7 Å². The molecule has 1 aromatic rings. The Hall–Kier alpha value is -2.99. The Morgan fingerprint density at radius 2 is 1.55 bits per heavy atom. The zero-order chi connectivity index (χ0) is 32.8. The van der Waals surface area contributed by atoms with Crippen LogP contribution in [0.15, 0.2) is 53.6 Å². The molecule has 0 aromatic heterocycles. The van der Waals surface area contributed by atoms with Gasteiger partial charge < -0.3 is 15.3 Å². The van der Waals surface area contributed by atoms with Crippen LogP contribution in [0, 0.1) is 38.9 Å². The van der Waals surface area contributed by atoms with E-state index in [1.807, 2.05) is 61.5 Å². The lowest BCUT2D eigenvalue weighted by Crippen LogP contribution is -2.89. The van der Waals surface area contributed by atoms with Crippen molar-refractivity contribution < 1.29 is 29.7 Å². The number of phenolic OH excluding ortho intramolecular Hbond substituents is 2. The number of Topliss-reactive ketones (excluding diaryl/α,β-unsaturated/α-hetero) is 3. The molecule has 44 heavy (non-hydrogen) atoms. The lowest BCUT2D eigenvalue weighted by Gasteiger charge is -2.76. The number of carbonyl (C=O) groups excluding carboxylic acids is 3. The second-order valence-electron chi connectivity index (χ2n) is 15.9. The first kappa shape index (κ1) is 32.4. The maximum atomic E-state index is 15.6. The summed E-state index contributed by atoms with van der Waals surface area (Å²) in [5.74, 6) is -2.44. The minimum atomic E-state index is -1.96. The fourth-order valence-corrected chi connectivity index (χ4v) is 10.6. The molecule has 0 heterocycles. The highest BCUT2D eigenvalue weighted by Gasteiger charge is 2.95. The maximum absolute atomic E-state index is 15.6. The van der Waals surface area contributed by atoms with Gasteiger partial charge in [0.1, 0.15) is 11.0 Å². The van der Waals surface area contributed by atoms with Gasteiger partial charge in [0.05, 0.1) is 10.8 Å². The average Bonchev–Trinajstić information content (AvgIpc) is 3.07. The molecule has 0 radical (unpaired) electrons. The number of benzene rings is 1. The number of rotatable bonds is 9. The molecule has 0 amide bonds.